The maximum atomic E-state index is 12.1. The Labute approximate surface area is 109 Å². The normalized spacial score (nSPS) is 11.8. The fourth-order valence-corrected chi connectivity index (χ4v) is 1.95. The van der Waals surface area contributed by atoms with Gasteiger partial charge in [-0.1, -0.05) is 11.8 Å². The van der Waals surface area contributed by atoms with Crippen molar-refractivity contribution in [1.29, 1.82) is 0 Å². The fraction of sp³-hybridized carbons (Fsp3) is 0.273. The number of esters is 1. The van der Waals surface area contributed by atoms with E-state index >= 15 is 0 Å². The summed E-state index contributed by atoms with van der Waals surface area (Å²) >= 11 is 0.454. The largest absolute Gasteiger partial charge is 0.465 e. The maximum Gasteiger partial charge on any atom is 0.398 e. The van der Waals surface area contributed by atoms with Crippen molar-refractivity contribution in [3.05, 3.63) is 23.8 Å². The number of oxazole rings is 1. The molecule has 0 unspecified atom stereocenters. The summed E-state index contributed by atoms with van der Waals surface area (Å²) in [6, 6.07) is 4.34. The predicted octanol–water partition coefficient (Wildman–Crippen LogP) is 3.27. The first-order chi connectivity index (χ1) is 8.89. The number of carbonyl (C=O) groups excluding carboxylic acids is 1. The number of rotatable bonds is 3. The van der Waals surface area contributed by atoms with Gasteiger partial charge in [-0.3, -0.25) is 0 Å². The number of hydrogen-bond donors (Lipinski definition) is 0. The van der Waals surface area contributed by atoms with E-state index in [1.54, 1.807) is 0 Å². The zero-order valence-electron chi connectivity index (χ0n) is 9.65. The van der Waals surface area contributed by atoms with Crippen LogP contribution >= 0.6 is 11.8 Å². The molecule has 0 atom stereocenters. The Morgan fingerprint density at radius 2 is 2.21 bits per heavy atom. The molecule has 102 valence electrons. The van der Waals surface area contributed by atoms with Crippen molar-refractivity contribution >= 4 is 28.8 Å². The molecule has 0 saturated carbocycles. The van der Waals surface area contributed by atoms with Gasteiger partial charge < -0.3 is 9.15 Å². The van der Waals surface area contributed by atoms with Gasteiger partial charge in [0.15, 0.2) is 5.58 Å². The standard InChI is InChI=1S/C11H8F3NO3S/c1-17-9(16)6-2-3-7-8(4-6)18-10(15-7)19-5-11(12,13)14/h2-4H,5H2,1H3. The number of nitrogens with zero attached hydrogens (tertiary/aromatic N) is 1. The van der Waals surface area contributed by atoms with Crippen LogP contribution in [0.4, 0.5) is 13.2 Å². The van der Waals surface area contributed by atoms with Gasteiger partial charge in [-0.2, -0.15) is 13.2 Å². The average Bonchev–Trinajstić information content (AvgIpc) is 2.76. The van der Waals surface area contributed by atoms with Crippen molar-refractivity contribution in [3.8, 4) is 0 Å². The monoisotopic (exact) mass is 291 g/mol. The first-order valence-electron chi connectivity index (χ1n) is 5.07. The molecule has 2 aromatic rings. The molecule has 19 heavy (non-hydrogen) atoms. The highest BCUT2D eigenvalue weighted by molar-refractivity contribution is 7.99. The molecular weight excluding hydrogens is 283 g/mol. The molecule has 4 nitrogen and oxygen atoms in total. The molecule has 0 aliphatic carbocycles. The van der Waals surface area contributed by atoms with Crippen LogP contribution in [0.5, 0.6) is 0 Å². The minimum Gasteiger partial charge on any atom is -0.465 e. The van der Waals surface area contributed by atoms with Crippen LogP contribution in [0.15, 0.2) is 27.8 Å². The van der Waals surface area contributed by atoms with Gasteiger partial charge >= 0.3 is 12.1 Å². The summed E-state index contributed by atoms with van der Waals surface area (Å²) in [5, 5.41) is -0.0886. The molecule has 2 rings (SSSR count). The van der Waals surface area contributed by atoms with Crippen LogP contribution in [0.1, 0.15) is 10.4 Å². The molecule has 0 aliphatic rings. The highest BCUT2D eigenvalue weighted by Gasteiger charge is 2.28. The molecule has 1 heterocycles. The highest BCUT2D eigenvalue weighted by atomic mass is 32.2. The number of fused-ring (bicyclic) bond motifs is 1. The minimum absolute atomic E-state index is 0.0886. The Kier molecular flexibility index (Phi) is 3.70. The van der Waals surface area contributed by atoms with Crippen molar-refractivity contribution in [2.75, 3.05) is 12.9 Å². The van der Waals surface area contributed by atoms with Crippen molar-refractivity contribution in [2.24, 2.45) is 0 Å². The Bertz CT molecular complexity index is 609. The van der Waals surface area contributed by atoms with E-state index < -0.39 is 17.9 Å². The van der Waals surface area contributed by atoms with Gasteiger partial charge in [0.25, 0.3) is 5.22 Å². The number of thioether (sulfide) groups is 1. The third-order valence-electron chi connectivity index (χ3n) is 2.15. The summed E-state index contributed by atoms with van der Waals surface area (Å²) in [6.07, 6.45) is -4.29. The second-order valence-corrected chi connectivity index (χ2v) is 4.48. The molecule has 0 bridgehead atoms. The number of carbonyl (C=O) groups is 1. The summed E-state index contributed by atoms with van der Waals surface area (Å²) in [5.74, 6) is -1.63. The number of methoxy groups -OCH3 is 1. The van der Waals surface area contributed by atoms with Crippen molar-refractivity contribution in [2.45, 2.75) is 11.4 Å². The van der Waals surface area contributed by atoms with E-state index in [2.05, 4.69) is 9.72 Å². The number of hydrogen-bond acceptors (Lipinski definition) is 5. The summed E-state index contributed by atoms with van der Waals surface area (Å²) < 4.78 is 45.9. The Balaban J connectivity index is 2.23. The quantitative estimate of drug-likeness (QED) is 0.641. The second-order valence-electron chi connectivity index (χ2n) is 3.56. The fourth-order valence-electron chi connectivity index (χ4n) is 1.35. The van der Waals surface area contributed by atoms with Crippen molar-refractivity contribution in [1.82, 2.24) is 4.98 Å². The van der Waals surface area contributed by atoms with Crippen LogP contribution in [0.25, 0.3) is 11.1 Å². The van der Waals surface area contributed by atoms with E-state index in [0.717, 1.165) is 0 Å². The molecule has 0 fully saturated rings. The molecule has 0 spiro atoms. The van der Waals surface area contributed by atoms with Gasteiger partial charge in [0.1, 0.15) is 5.52 Å². The first-order valence-corrected chi connectivity index (χ1v) is 6.06. The van der Waals surface area contributed by atoms with E-state index in [4.69, 9.17) is 4.42 Å². The molecule has 0 aliphatic heterocycles. The van der Waals surface area contributed by atoms with Crippen LogP contribution in [0.2, 0.25) is 0 Å². The minimum atomic E-state index is -4.29. The lowest BCUT2D eigenvalue weighted by molar-refractivity contribution is -0.105. The highest BCUT2D eigenvalue weighted by Crippen LogP contribution is 2.29. The van der Waals surface area contributed by atoms with E-state index in [9.17, 15) is 18.0 Å². The lowest BCUT2D eigenvalue weighted by Gasteiger charge is -2.01. The molecule has 1 aromatic carbocycles. The molecular formula is C11H8F3NO3S. The number of alkyl halides is 3. The number of aromatic nitrogens is 1. The van der Waals surface area contributed by atoms with Gasteiger partial charge in [-0.05, 0) is 18.2 Å². The molecule has 8 heteroatoms. The van der Waals surface area contributed by atoms with Gasteiger partial charge in [-0.15, -0.1) is 0 Å². The molecule has 0 radical (unpaired) electrons. The van der Waals surface area contributed by atoms with E-state index in [1.165, 1.54) is 25.3 Å². The van der Waals surface area contributed by atoms with Crippen LogP contribution in [0, 0.1) is 0 Å². The van der Waals surface area contributed by atoms with Crippen LogP contribution in [0.3, 0.4) is 0 Å². The third-order valence-corrected chi connectivity index (χ3v) is 3.04. The Morgan fingerprint density at radius 1 is 1.47 bits per heavy atom. The van der Waals surface area contributed by atoms with E-state index in [1.807, 2.05) is 0 Å². The lowest BCUT2D eigenvalue weighted by atomic mass is 10.2. The summed E-state index contributed by atoms with van der Waals surface area (Å²) in [7, 11) is 1.23. The van der Waals surface area contributed by atoms with Crippen LogP contribution in [-0.4, -0.2) is 30.0 Å². The summed E-state index contributed by atoms with van der Waals surface area (Å²) in [5.41, 5.74) is 0.878. The molecule has 1 aromatic heterocycles. The van der Waals surface area contributed by atoms with E-state index in [-0.39, 0.29) is 16.4 Å². The topological polar surface area (TPSA) is 52.3 Å². The average molecular weight is 291 g/mol. The SMILES string of the molecule is COC(=O)c1ccc2nc(SCC(F)(F)F)oc2c1. The molecule has 0 N–H and O–H groups in total. The van der Waals surface area contributed by atoms with Gasteiger partial charge in [0, 0.05) is 0 Å². The Morgan fingerprint density at radius 3 is 2.84 bits per heavy atom. The van der Waals surface area contributed by atoms with Crippen molar-refractivity contribution in [3.63, 3.8) is 0 Å². The maximum absolute atomic E-state index is 12.1. The van der Waals surface area contributed by atoms with Gasteiger partial charge in [0.05, 0.1) is 18.4 Å². The van der Waals surface area contributed by atoms with Gasteiger partial charge in [0.2, 0.25) is 0 Å². The first kappa shape index (κ1) is 13.7. The number of benzene rings is 1. The smallest absolute Gasteiger partial charge is 0.398 e. The molecule has 0 saturated heterocycles. The number of halogens is 3. The van der Waals surface area contributed by atoms with Crippen LogP contribution < -0.4 is 0 Å². The number of ether oxygens (including phenoxy) is 1. The summed E-state index contributed by atoms with van der Waals surface area (Å²) in [6.45, 7) is 0. The Hall–Kier alpha value is -1.70. The second kappa shape index (κ2) is 5.12. The zero-order chi connectivity index (χ0) is 14.0. The lowest BCUT2D eigenvalue weighted by Crippen LogP contribution is -2.10. The van der Waals surface area contributed by atoms with Gasteiger partial charge in [-0.25, -0.2) is 9.78 Å². The van der Waals surface area contributed by atoms with Crippen molar-refractivity contribution < 1.29 is 27.1 Å². The van der Waals surface area contributed by atoms with E-state index in [0.29, 0.717) is 17.3 Å². The molecule has 0 amide bonds. The third kappa shape index (κ3) is 3.40. The van der Waals surface area contributed by atoms with Crippen LogP contribution in [-0.2, 0) is 4.74 Å². The summed E-state index contributed by atoms with van der Waals surface area (Å²) in [4.78, 5) is 15.2. The predicted molar refractivity (Wildman–Crippen MR) is 62.1 cm³/mol. The zero-order valence-corrected chi connectivity index (χ0v) is 10.5.